The molecule has 1 heterocycles. The molecule has 1 fully saturated rings. The summed E-state index contributed by atoms with van der Waals surface area (Å²) in [5.74, 6) is 2.74. The summed E-state index contributed by atoms with van der Waals surface area (Å²) >= 11 is 0. The molecule has 1 aliphatic heterocycles. The molecule has 0 bridgehead atoms. The molecule has 4 rings (SSSR count). The van der Waals surface area contributed by atoms with E-state index in [2.05, 4.69) is 71.9 Å². The smallest absolute Gasteiger partial charge is 0.128 e. The summed E-state index contributed by atoms with van der Waals surface area (Å²) in [5.41, 5.74) is 8.34. The van der Waals surface area contributed by atoms with E-state index < -0.39 is 0 Å². The molecule has 2 aromatic carbocycles. The maximum atomic E-state index is 6.32. The lowest BCUT2D eigenvalue weighted by atomic mass is 9.82. The fraction of sp³-hybridized carbons (Fsp3) is 0.571. The number of rotatable bonds is 5. The van der Waals surface area contributed by atoms with Crippen LogP contribution in [0.3, 0.4) is 0 Å². The highest BCUT2D eigenvalue weighted by Crippen LogP contribution is 2.55. The topological polar surface area (TPSA) is 9.23 Å². The van der Waals surface area contributed by atoms with Gasteiger partial charge in [0.2, 0.25) is 0 Å². The Morgan fingerprint density at radius 3 is 2.03 bits per heavy atom. The fourth-order valence-electron chi connectivity index (χ4n) is 5.29. The Balaban J connectivity index is 1.92. The van der Waals surface area contributed by atoms with Crippen molar-refractivity contribution in [1.29, 1.82) is 0 Å². The van der Waals surface area contributed by atoms with Gasteiger partial charge >= 0.3 is 0 Å². The van der Waals surface area contributed by atoms with Gasteiger partial charge in [0.15, 0.2) is 0 Å². The van der Waals surface area contributed by atoms with Gasteiger partial charge in [-0.2, -0.15) is 0 Å². The van der Waals surface area contributed by atoms with Crippen LogP contribution in [0.15, 0.2) is 30.3 Å². The Hall–Kier alpha value is -1.33. The number of hydrogen-bond acceptors (Lipinski definition) is 1. The minimum absolute atomic E-state index is 0.229. The Bertz CT molecular complexity index is 861. The van der Waals surface area contributed by atoms with E-state index in [1.807, 2.05) is 0 Å². The largest absolute Gasteiger partial charge is 0.488 e. The Morgan fingerprint density at radius 2 is 1.47 bits per heavy atom. The van der Waals surface area contributed by atoms with E-state index in [1.165, 1.54) is 65.7 Å². The first-order valence-corrected chi connectivity index (χ1v) is 13.7. The standard InChI is InChI=1S/C28H39OP/c1-18(2)21-15-24(19(3)4)27(25(16-21)20(5)6)23-13-10-14-26-28(23)30(17-29-26)22-11-8-7-9-12-22/h10,13-16,18-20,22H,7-9,11-12,17H2,1-6H3/t30-/m1/s1. The van der Waals surface area contributed by atoms with E-state index in [4.69, 9.17) is 4.74 Å². The molecular formula is C28H39OP. The molecule has 1 nitrogen and oxygen atoms in total. The number of benzene rings is 2. The summed E-state index contributed by atoms with van der Waals surface area (Å²) in [5, 5.41) is 1.57. The number of ether oxygens (including phenoxy) is 1. The van der Waals surface area contributed by atoms with Gasteiger partial charge in [-0.1, -0.05) is 85.1 Å². The van der Waals surface area contributed by atoms with Crippen molar-refractivity contribution in [2.75, 3.05) is 6.35 Å². The van der Waals surface area contributed by atoms with Crippen LogP contribution in [0.4, 0.5) is 0 Å². The lowest BCUT2D eigenvalue weighted by Crippen LogP contribution is -2.18. The van der Waals surface area contributed by atoms with Gasteiger partial charge in [-0.05, 0) is 78.1 Å². The summed E-state index contributed by atoms with van der Waals surface area (Å²) in [4.78, 5) is 0. The molecule has 30 heavy (non-hydrogen) atoms. The summed E-state index contributed by atoms with van der Waals surface area (Å²) in [6.45, 7) is 14.1. The number of hydrogen-bond donors (Lipinski definition) is 0. The van der Waals surface area contributed by atoms with E-state index in [9.17, 15) is 0 Å². The molecular weight excluding hydrogens is 383 g/mol. The van der Waals surface area contributed by atoms with Crippen molar-refractivity contribution in [3.8, 4) is 16.9 Å². The summed E-state index contributed by atoms with van der Waals surface area (Å²) in [6, 6.07) is 11.8. The first-order chi connectivity index (χ1) is 14.4. The second-order valence-electron chi connectivity index (χ2n) is 10.2. The van der Waals surface area contributed by atoms with Crippen LogP contribution in [0.2, 0.25) is 0 Å². The van der Waals surface area contributed by atoms with Gasteiger partial charge in [-0.25, -0.2) is 0 Å². The Morgan fingerprint density at radius 1 is 0.833 bits per heavy atom. The van der Waals surface area contributed by atoms with Crippen LogP contribution in [0.25, 0.3) is 11.1 Å². The van der Waals surface area contributed by atoms with E-state index in [0.717, 1.165) is 12.0 Å². The highest BCUT2D eigenvalue weighted by Gasteiger charge is 2.35. The molecule has 0 N–H and O–H groups in total. The quantitative estimate of drug-likeness (QED) is 0.439. The van der Waals surface area contributed by atoms with E-state index >= 15 is 0 Å². The maximum Gasteiger partial charge on any atom is 0.128 e. The molecule has 0 radical (unpaired) electrons. The van der Waals surface area contributed by atoms with Crippen molar-refractivity contribution < 1.29 is 4.74 Å². The second kappa shape index (κ2) is 9.04. The molecule has 2 heteroatoms. The minimum Gasteiger partial charge on any atom is -0.488 e. The van der Waals surface area contributed by atoms with Crippen LogP contribution >= 0.6 is 7.92 Å². The lowest BCUT2D eigenvalue weighted by molar-refractivity contribution is 0.399. The molecule has 0 saturated heterocycles. The normalized spacial score (nSPS) is 19.6. The maximum absolute atomic E-state index is 6.32. The zero-order chi connectivity index (χ0) is 21.4. The van der Waals surface area contributed by atoms with Crippen LogP contribution in [0.1, 0.15) is 108 Å². The summed E-state index contributed by atoms with van der Waals surface area (Å²) < 4.78 is 6.32. The van der Waals surface area contributed by atoms with Gasteiger partial charge in [0, 0.05) is 5.30 Å². The zero-order valence-electron chi connectivity index (χ0n) is 19.8. The van der Waals surface area contributed by atoms with E-state index in [-0.39, 0.29) is 7.92 Å². The molecule has 0 amide bonds. The molecule has 162 valence electrons. The third kappa shape index (κ3) is 4.08. The third-order valence-electron chi connectivity index (χ3n) is 7.06. The molecule has 0 unspecified atom stereocenters. The second-order valence-corrected chi connectivity index (χ2v) is 12.6. The van der Waals surface area contributed by atoms with E-state index in [0.29, 0.717) is 17.8 Å². The minimum atomic E-state index is -0.229. The highest BCUT2D eigenvalue weighted by atomic mass is 31.1. The molecule has 2 aliphatic rings. The fourth-order valence-corrected chi connectivity index (χ4v) is 8.18. The zero-order valence-corrected chi connectivity index (χ0v) is 20.7. The van der Waals surface area contributed by atoms with E-state index in [1.54, 1.807) is 5.30 Å². The summed E-state index contributed by atoms with van der Waals surface area (Å²) in [7, 11) is -0.229. The number of fused-ring (bicyclic) bond motifs is 1. The van der Waals surface area contributed by atoms with Crippen LogP contribution in [0, 0.1) is 0 Å². The third-order valence-corrected chi connectivity index (χ3v) is 9.90. The van der Waals surface area contributed by atoms with Gasteiger partial charge in [-0.15, -0.1) is 0 Å². The van der Waals surface area contributed by atoms with Crippen molar-refractivity contribution in [1.82, 2.24) is 0 Å². The van der Waals surface area contributed by atoms with Gasteiger partial charge in [0.05, 0.1) is 0 Å². The van der Waals surface area contributed by atoms with Gasteiger partial charge in [0.1, 0.15) is 12.1 Å². The molecule has 1 aliphatic carbocycles. The van der Waals surface area contributed by atoms with Gasteiger partial charge < -0.3 is 4.74 Å². The van der Waals surface area contributed by atoms with Crippen molar-refractivity contribution in [3.63, 3.8) is 0 Å². The molecule has 2 aromatic rings. The van der Waals surface area contributed by atoms with Crippen molar-refractivity contribution in [2.24, 2.45) is 0 Å². The van der Waals surface area contributed by atoms with Crippen molar-refractivity contribution >= 4 is 13.2 Å². The van der Waals surface area contributed by atoms with Crippen molar-refractivity contribution in [2.45, 2.75) is 97.1 Å². The highest BCUT2D eigenvalue weighted by molar-refractivity contribution is 7.67. The average molecular weight is 423 g/mol. The van der Waals surface area contributed by atoms with Crippen LogP contribution < -0.4 is 10.0 Å². The van der Waals surface area contributed by atoms with Gasteiger partial charge in [0.25, 0.3) is 0 Å². The molecule has 0 aromatic heterocycles. The first kappa shape index (κ1) is 21.9. The van der Waals surface area contributed by atoms with Gasteiger partial charge in [-0.3, -0.25) is 0 Å². The monoisotopic (exact) mass is 422 g/mol. The Labute approximate surface area is 185 Å². The molecule has 1 saturated carbocycles. The lowest BCUT2D eigenvalue weighted by Gasteiger charge is -2.29. The van der Waals surface area contributed by atoms with Crippen molar-refractivity contribution in [3.05, 3.63) is 47.0 Å². The van der Waals surface area contributed by atoms with Crippen LogP contribution in [-0.2, 0) is 0 Å². The summed E-state index contributed by atoms with van der Waals surface area (Å²) in [6.07, 6.45) is 7.94. The van der Waals surface area contributed by atoms with Crippen LogP contribution in [-0.4, -0.2) is 12.0 Å². The average Bonchev–Trinajstić information content (AvgIpc) is 3.17. The first-order valence-electron chi connectivity index (χ1n) is 12.1. The predicted octanol–water partition coefficient (Wildman–Crippen LogP) is 8.51. The Kier molecular flexibility index (Phi) is 6.59. The predicted molar refractivity (Wildman–Crippen MR) is 133 cm³/mol. The molecule has 0 spiro atoms. The van der Waals surface area contributed by atoms with Crippen LogP contribution in [0.5, 0.6) is 5.75 Å². The SMILES string of the molecule is CC(C)c1cc(C(C)C)c(-c2cccc3c2[P@@](C2CCCCC2)CO3)c(C(C)C)c1. The molecule has 1 atom stereocenters.